The summed E-state index contributed by atoms with van der Waals surface area (Å²) in [6.45, 7) is 11.2. The maximum Gasteiger partial charge on any atom is 0.338 e. The molecule has 6 rings (SSSR count). The van der Waals surface area contributed by atoms with Crippen molar-refractivity contribution in [2.75, 3.05) is 6.61 Å². The third-order valence-electron chi connectivity index (χ3n) is 13.2. The molecule has 15 heteroatoms. The number of allylic oxidation sites excluding steroid dienone is 1. The molecule has 322 valence electrons. The molecule has 0 spiro atoms. The van der Waals surface area contributed by atoms with Crippen LogP contribution in [0.15, 0.2) is 83.5 Å². The van der Waals surface area contributed by atoms with Crippen LogP contribution in [0.1, 0.15) is 90.2 Å². The number of carbonyl (C=O) groups excluding carboxylic acids is 6. The fourth-order valence-electron chi connectivity index (χ4n) is 9.75. The smallest absolute Gasteiger partial charge is 0.338 e. The highest BCUT2D eigenvalue weighted by Crippen LogP contribution is 2.64. The molecule has 0 aromatic heterocycles. The van der Waals surface area contributed by atoms with Crippen molar-refractivity contribution in [2.24, 2.45) is 16.7 Å². The van der Waals surface area contributed by atoms with Gasteiger partial charge in [0.2, 0.25) is 5.91 Å². The monoisotopic (exact) mass is 831 g/mol. The van der Waals surface area contributed by atoms with Crippen LogP contribution in [0.5, 0.6) is 0 Å². The van der Waals surface area contributed by atoms with Gasteiger partial charge in [-0.2, -0.15) is 0 Å². The van der Waals surface area contributed by atoms with E-state index in [1.807, 2.05) is 0 Å². The summed E-state index contributed by atoms with van der Waals surface area (Å²) in [5.74, 6) is -6.78. The van der Waals surface area contributed by atoms with E-state index in [1.165, 1.54) is 26.0 Å². The molecule has 15 nitrogen and oxygen atoms in total. The summed E-state index contributed by atoms with van der Waals surface area (Å²) in [5, 5.41) is 40.0. The SMILES string of the molecule is C/C=C(\C)C(=O)N[C@@H](c1ccccc1)[C@@H](O)C(=O)O[C@H]1C[C@@]2(O)[C@@H](OC(=O)c3ccccc3)[C@@H]3[C@]4(OC(C)=O)CO[C@@H]4C[C@H](O)[C@@]3(C)C(=O)[C@H](OC(C)=O)C(=C1C)C2(C)C. The number of ketones is 1. The van der Waals surface area contributed by atoms with Crippen molar-refractivity contribution in [3.8, 4) is 0 Å². The lowest BCUT2D eigenvalue weighted by molar-refractivity contribution is -0.346. The lowest BCUT2D eigenvalue weighted by atomic mass is 9.44. The zero-order valence-electron chi connectivity index (χ0n) is 34.9. The Labute approximate surface area is 348 Å². The number of Topliss-reactive ketones (excluding diaryl/α,β-unsaturated/α-hetero) is 1. The van der Waals surface area contributed by atoms with Gasteiger partial charge in [-0.15, -0.1) is 0 Å². The third kappa shape index (κ3) is 7.24. The summed E-state index contributed by atoms with van der Waals surface area (Å²) in [4.78, 5) is 82.9. The Balaban J connectivity index is 1.56. The zero-order chi connectivity index (χ0) is 44.1. The zero-order valence-corrected chi connectivity index (χ0v) is 34.9. The largest absolute Gasteiger partial charge is 0.456 e. The van der Waals surface area contributed by atoms with Gasteiger partial charge in [0.1, 0.15) is 23.9 Å². The topological polar surface area (TPSA) is 221 Å². The van der Waals surface area contributed by atoms with Crippen molar-refractivity contribution in [1.82, 2.24) is 5.32 Å². The Morgan fingerprint density at radius 3 is 2.08 bits per heavy atom. The fourth-order valence-corrected chi connectivity index (χ4v) is 9.75. The van der Waals surface area contributed by atoms with Gasteiger partial charge in [-0.3, -0.25) is 19.2 Å². The van der Waals surface area contributed by atoms with E-state index >= 15 is 4.79 Å². The standard InChI is InChI=1S/C45H53NO14/c1-9-23(2)39(52)46-33(27-16-12-10-13-17-27)34(50)41(54)58-29-21-45(55)38(59-40(53)28-18-14-11-15-19-28)36-43(8,30(49)20-31-44(36,22-56-31)60-26(5)48)37(51)35(57-25(4)47)32(24(29)3)42(45,6)7/h9-19,29-31,33-36,38,49-50,55H,20-22H2,1-8H3,(H,46,52)/b23-9+/t29-,30-,31+,33-,34+,35+,36-,38-,43+,44-,45+/m0/s1. The minimum Gasteiger partial charge on any atom is -0.456 e. The van der Waals surface area contributed by atoms with Crippen LogP contribution < -0.4 is 5.32 Å². The number of hydrogen-bond donors (Lipinski definition) is 4. The Morgan fingerprint density at radius 2 is 1.53 bits per heavy atom. The van der Waals surface area contributed by atoms with Crippen molar-refractivity contribution in [3.05, 3.63) is 94.6 Å². The fraction of sp³-hybridized carbons (Fsp3) is 0.511. The predicted octanol–water partition coefficient (Wildman–Crippen LogP) is 3.39. The van der Waals surface area contributed by atoms with Gasteiger partial charge in [-0.1, -0.05) is 68.5 Å². The van der Waals surface area contributed by atoms with E-state index in [1.54, 1.807) is 82.3 Å². The first kappa shape index (κ1) is 44.3. The number of aliphatic hydroxyl groups is 3. The van der Waals surface area contributed by atoms with E-state index in [4.69, 9.17) is 23.7 Å². The number of nitrogens with one attached hydrogen (secondary N) is 1. The van der Waals surface area contributed by atoms with Crippen LogP contribution in [0.2, 0.25) is 0 Å². The number of benzene rings is 2. The summed E-state index contributed by atoms with van der Waals surface area (Å²) in [5.41, 5.74) is -6.91. The normalized spacial score (nSPS) is 32.9. The van der Waals surface area contributed by atoms with Crippen LogP contribution in [0.3, 0.4) is 0 Å². The van der Waals surface area contributed by atoms with E-state index in [0.717, 1.165) is 13.8 Å². The number of fused-ring (bicyclic) bond motifs is 5. The molecule has 2 aromatic rings. The predicted molar refractivity (Wildman–Crippen MR) is 211 cm³/mol. The van der Waals surface area contributed by atoms with Gasteiger partial charge in [0.05, 0.1) is 35.6 Å². The van der Waals surface area contributed by atoms with Crippen LogP contribution in [0.4, 0.5) is 0 Å². The van der Waals surface area contributed by atoms with Gasteiger partial charge in [-0.05, 0) is 56.5 Å². The molecule has 1 amide bonds. The molecule has 4 aliphatic rings. The van der Waals surface area contributed by atoms with Crippen LogP contribution in [0, 0.1) is 16.7 Å². The van der Waals surface area contributed by atoms with Crippen LogP contribution in [-0.4, -0.2) is 105 Å². The number of carbonyl (C=O) groups is 6. The average molecular weight is 832 g/mol. The Morgan fingerprint density at radius 1 is 0.917 bits per heavy atom. The van der Waals surface area contributed by atoms with Gasteiger partial charge in [-0.25, -0.2) is 9.59 Å². The molecule has 2 saturated carbocycles. The maximum atomic E-state index is 15.4. The Bertz CT molecular complexity index is 2110. The Kier molecular flexibility index (Phi) is 12.1. The van der Waals surface area contributed by atoms with E-state index < -0.39 is 113 Å². The number of amides is 1. The second-order valence-corrected chi connectivity index (χ2v) is 17.0. The molecule has 3 fully saturated rings. The van der Waals surface area contributed by atoms with Crippen molar-refractivity contribution >= 4 is 35.6 Å². The maximum absolute atomic E-state index is 15.4. The van der Waals surface area contributed by atoms with Crippen LogP contribution >= 0.6 is 0 Å². The molecule has 1 saturated heterocycles. The van der Waals surface area contributed by atoms with Crippen molar-refractivity contribution < 1.29 is 67.8 Å². The van der Waals surface area contributed by atoms with E-state index in [-0.39, 0.29) is 29.7 Å². The highest BCUT2D eigenvalue weighted by atomic mass is 16.6. The number of ether oxygens (including phenoxy) is 5. The van der Waals surface area contributed by atoms with Crippen LogP contribution in [-0.2, 0) is 47.7 Å². The minimum atomic E-state index is -2.38. The number of esters is 4. The quantitative estimate of drug-likeness (QED) is 0.117. The molecule has 0 radical (unpaired) electrons. The lowest BCUT2D eigenvalue weighted by Gasteiger charge is -2.67. The summed E-state index contributed by atoms with van der Waals surface area (Å²) in [7, 11) is 0. The molecule has 2 aromatic carbocycles. The molecule has 11 atom stereocenters. The summed E-state index contributed by atoms with van der Waals surface area (Å²) >= 11 is 0. The second kappa shape index (κ2) is 16.3. The average Bonchev–Trinajstić information content (AvgIpc) is 3.20. The van der Waals surface area contributed by atoms with Crippen LogP contribution in [0.25, 0.3) is 0 Å². The van der Waals surface area contributed by atoms with Gasteiger partial charge >= 0.3 is 23.9 Å². The van der Waals surface area contributed by atoms with Crippen molar-refractivity contribution in [3.63, 3.8) is 0 Å². The summed E-state index contributed by atoms with van der Waals surface area (Å²) < 4.78 is 30.2. The van der Waals surface area contributed by atoms with Gasteiger partial charge in [0.25, 0.3) is 0 Å². The van der Waals surface area contributed by atoms with Gasteiger partial charge in [0, 0.05) is 37.7 Å². The molecule has 4 N–H and O–H groups in total. The number of rotatable bonds is 10. The summed E-state index contributed by atoms with van der Waals surface area (Å²) in [6, 6.07) is 14.8. The van der Waals surface area contributed by atoms with E-state index in [2.05, 4.69) is 5.32 Å². The van der Waals surface area contributed by atoms with Gasteiger partial charge < -0.3 is 44.3 Å². The molecule has 3 aliphatic carbocycles. The summed E-state index contributed by atoms with van der Waals surface area (Å²) in [6.07, 6.45) is -8.88. The molecule has 1 aliphatic heterocycles. The van der Waals surface area contributed by atoms with E-state index in [0.29, 0.717) is 11.1 Å². The van der Waals surface area contributed by atoms with Gasteiger partial charge in [0.15, 0.2) is 23.6 Å². The first-order valence-corrected chi connectivity index (χ1v) is 19.9. The third-order valence-corrected chi connectivity index (χ3v) is 13.2. The highest BCUT2D eigenvalue weighted by molar-refractivity contribution is 5.96. The number of aliphatic hydroxyl groups excluding tert-OH is 2. The first-order chi connectivity index (χ1) is 28.1. The molecule has 1 heterocycles. The molecule has 0 unspecified atom stereocenters. The molecule has 60 heavy (non-hydrogen) atoms. The van der Waals surface area contributed by atoms with Crippen molar-refractivity contribution in [1.29, 1.82) is 0 Å². The number of hydrogen-bond acceptors (Lipinski definition) is 14. The molecular weight excluding hydrogens is 778 g/mol. The minimum absolute atomic E-state index is 0.00140. The second-order valence-electron chi connectivity index (χ2n) is 17.0. The Hall–Kier alpha value is -5.22. The first-order valence-electron chi connectivity index (χ1n) is 19.9. The van der Waals surface area contributed by atoms with E-state index in [9.17, 15) is 39.3 Å². The molecular formula is C45H53NO14. The highest BCUT2D eigenvalue weighted by Gasteiger charge is 2.78. The lowest BCUT2D eigenvalue weighted by Crippen LogP contribution is -2.82. The van der Waals surface area contributed by atoms with Crippen molar-refractivity contribution in [2.45, 2.75) is 122 Å². The molecule has 2 bridgehead atoms.